The maximum atomic E-state index is 11.7. The summed E-state index contributed by atoms with van der Waals surface area (Å²) in [6.07, 6.45) is 4.14. The number of aromatic nitrogens is 2. The molecule has 1 amide bonds. The van der Waals surface area contributed by atoms with E-state index in [1.807, 2.05) is 6.92 Å². The van der Waals surface area contributed by atoms with Gasteiger partial charge in [-0.15, -0.1) is 0 Å². The molecule has 1 heterocycles. The fourth-order valence-electron chi connectivity index (χ4n) is 2.88. The monoisotopic (exact) mass is 497 g/mol. The topological polar surface area (TPSA) is 112 Å². The Morgan fingerprint density at radius 2 is 2.00 bits per heavy atom. The third-order valence-corrected chi connectivity index (χ3v) is 5.48. The molecule has 2 aromatic rings. The first-order valence-corrected chi connectivity index (χ1v) is 11.1. The van der Waals surface area contributed by atoms with Gasteiger partial charge in [-0.2, -0.15) is 5.10 Å². The van der Waals surface area contributed by atoms with Crippen molar-refractivity contribution in [3.8, 4) is 17.4 Å². The SMILES string of the molecule is Cc1nn(C)c(Oc2cc(O[C@@H](C)C(=O)O)c(Cl)cc2Cl)c1C=CCOC(=O)NCC1CC1. The van der Waals surface area contributed by atoms with Crippen molar-refractivity contribution in [2.24, 2.45) is 13.0 Å². The van der Waals surface area contributed by atoms with Gasteiger partial charge in [0.2, 0.25) is 5.88 Å². The summed E-state index contributed by atoms with van der Waals surface area (Å²) >= 11 is 12.4. The zero-order chi connectivity index (χ0) is 24.1. The summed E-state index contributed by atoms with van der Waals surface area (Å²) in [6.45, 7) is 3.91. The lowest BCUT2D eigenvalue weighted by Gasteiger charge is -2.15. The number of amides is 1. The van der Waals surface area contributed by atoms with Crippen molar-refractivity contribution in [1.82, 2.24) is 15.1 Å². The number of carboxylic acid groups (broad SMARTS) is 1. The van der Waals surface area contributed by atoms with E-state index in [0.717, 1.165) is 12.8 Å². The molecule has 0 aliphatic heterocycles. The third-order valence-electron chi connectivity index (χ3n) is 4.89. The molecule has 11 heteroatoms. The average Bonchev–Trinajstić information content (AvgIpc) is 3.54. The van der Waals surface area contributed by atoms with Crippen molar-refractivity contribution in [3.05, 3.63) is 39.5 Å². The Kier molecular flexibility index (Phi) is 8.10. The fourth-order valence-corrected chi connectivity index (χ4v) is 3.35. The molecule has 3 rings (SSSR count). The number of benzene rings is 1. The normalized spacial score (nSPS) is 14.2. The first kappa shape index (κ1) is 24.7. The Morgan fingerprint density at radius 3 is 2.67 bits per heavy atom. The predicted octanol–water partition coefficient (Wildman–Crippen LogP) is 4.83. The molecule has 1 aromatic carbocycles. The highest BCUT2D eigenvalue weighted by Crippen LogP contribution is 2.39. The standard InChI is InChI=1S/C22H25Cl2N3O6/c1-12-15(5-4-8-31-22(30)25-11-14-6-7-14)20(27(3)26-12)33-19-10-18(16(23)9-17(19)24)32-13(2)21(28)29/h4-5,9-10,13-14H,6-8,11H2,1-3H3,(H,25,30)(H,28,29)/t13-/m0/s1. The van der Waals surface area contributed by atoms with Gasteiger partial charge >= 0.3 is 12.1 Å². The van der Waals surface area contributed by atoms with Crippen LogP contribution in [-0.2, 0) is 16.6 Å². The number of nitrogens with zero attached hydrogens (tertiary/aromatic N) is 2. The molecule has 1 aliphatic rings. The van der Waals surface area contributed by atoms with Crippen LogP contribution in [0.5, 0.6) is 17.4 Å². The van der Waals surface area contributed by atoms with Gasteiger partial charge in [0.1, 0.15) is 12.4 Å². The molecule has 1 aromatic heterocycles. The number of carbonyl (C=O) groups is 2. The highest BCUT2D eigenvalue weighted by atomic mass is 35.5. The van der Waals surface area contributed by atoms with E-state index in [-0.39, 0.29) is 28.2 Å². The molecule has 1 atom stereocenters. The second-order valence-electron chi connectivity index (χ2n) is 7.67. The number of carboxylic acids is 1. The van der Waals surface area contributed by atoms with Crippen LogP contribution in [0, 0.1) is 12.8 Å². The van der Waals surface area contributed by atoms with E-state index in [9.17, 15) is 9.59 Å². The van der Waals surface area contributed by atoms with Crippen LogP contribution in [0.2, 0.25) is 10.0 Å². The Balaban J connectivity index is 1.72. The maximum absolute atomic E-state index is 11.7. The van der Waals surface area contributed by atoms with Crippen LogP contribution < -0.4 is 14.8 Å². The van der Waals surface area contributed by atoms with E-state index in [1.54, 1.807) is 19.2 Å². The fraction of sp³-hybridized carbons (Fsp3) is 0.409. The molecule has 9 nitrogen and oxygen atoms in total. The number of rotatable bonds is 10. The van der Waals surface area contributed by atoms with Crippen molar-refractivity contribution in [1.29, 1.82) is 0 Å². The van der Waals surface area contributed by atoms with Crippen LogP contribution in [0.1, 0.15) is 31.0 Å². The smallest absolute Gasteiger partial charge is 0.407 e. The van der Waals surface area contributed by atoms with Crippen LogP contribution in [-0.4, -0.2) is 46.2 Å². The molecule has 178 valence electrons. The number of carbonyl (C=O) groups excluding carboxylic acids is 1. The third kappa shape index (κ3) is 6.79. The summed E-state index contributed by atoms with van der Waals surface area (Å²) in [6, 6.07) is 2.84. The van der Waals surface area contributed by atoms with E-state index < -0.39 is 18.2 Å². The number of ether oxygens (including phenoxy) is 3. The highest BCUT2D eigenvalue weighted by Gasteiger charge is 2.22. The van der Waals surface area contributed by atoms with Gasteiger partial charge in [-0.3, -0.25) is 0 Å². The van der Waals surface area contributed by atoms with Gasteiger partial charge in [0.15, 0.2) is 11.9 Å². The zero-order valence-electron chi connectivity index (χ0n) is 18.4. The number of hydrogen-bond donors (Lipinski definition) is 2. The average molecular weight is 498 g/mol. The minimum absolute atomic E-state index is 0.0804. The summed E-state index contributed by atoms with van der Waals surface area (Å²) < 4.78 is 18.1. The molecule has 0 bridgehead atoms. The first-order valence-electron chi connectivity index (χ1n) is 10.3. The zero-order valence-corrected chi connectivity index (χ0v) is 19.9. The quantitative estimate of drug-likeness (QED) is 0.483. The van der Waals surface area contributed by atoms with E-state index in [0.29, 0.717) is 29.6 Å². The van der Waals surface area contributed by atoms with Gasteiger partial charge in [0.25, 0.3) is 0 Å². The van der Waals surface area contributed by atoms with Gasteiger partial charge in [-0.1, -0.05) is 23.2 Å². The van der Waals surface area contributed by atoms with Gasteiger partial charge in [-0.05, 0) is 50.8 Å². The number of alkyl carbamates (subject to hydrolysis) is 1. The Hall–Kier alpha value is -2.91. The van der Waals surface area contributed by atoms with Crippen molar-refractivity contribution in [2.75, 3.05) is 13.2 Å². The number of aliphatic carboxylic acids is 1. The van der Waals surface area contributed by atoms with E-state index >= 15 is 0 Å². The molecule has 0 spiro atoms. The number of nitrogens with one attached hydrogen (secondary N) is 1. The lowest BCUT2D eigenvalue weighted by molar-refractivity contribution is -0.144. The van der Waals surface area contributed by atoms with Crippen molar-refractivity contribution >= 4 is 41.3 Å². The van der Waals surface area contributed by atoms with Gasteiger partial charge in [-0.25, -0.2) is 14.3 Å². The first-order chi connectivity index (χ1) is 15.7. The minimum Gasteiger partial charge on any atom is -0.479 e. The second-order valence-corrected chi connectivity index (χ2v) is 8.48. The molecule has 1 saturated carbocycles. The van der Waals surface area contributed by atoms with Crippen LogP contribution in [0.15, 0.2) is 18.2 Å². The van der Waals surface area contributed by atoms with Gasteiger partial charge in [0.05, 0.1) is 21.3 Å². The molecule has 0 unspecified atom stereocenters. The molecule has 33 heavy (non-hydrogen) atoms. The maximum Gasteiger partial charge on any atom is 0.407 e. The van der Waals surface area contributed by atoms with Gasteiger partial charge in [0, 0.05) is 19.7 Å². The lowest BCUT2D eigenvalue weighted by atomic mass is 10.2. The van der Waals surface area contributed by atoms with Crippen molar-refractivity contribution in [3.63, 3.8) is 0 Å². The molecule has 0 saturated heterocycles. The number of halogens is 2. The van der Waals surface area contributed by atoms with Crippen LogP contribution in [0.4, 0.5) is 4.79 Å². The summed E-state index contributed by atoms with van der Waals surface area (Å²) in [7, 11) is 1.70. The summed E-state index contributed by atoms with van der Waals surface area (Å²) in [5.74, 6) is 0.142. The van der Waals surface area contributed by atoms with Gasteiger partial charge < -0.3 is 24.6 Å². The minimum atomic E-state index is -1.14. The number of aryl methyl sites for hydroxylation is 2. The van der Waals surface area contributed by atoms with Crippen LogP contribution in [0.3, 0.4) is 0 Å². The Morgan fingerprint density at radius 1 is 1.30 bits per heavy atom. The highest BCUT2D eigenvalue weighted by molar-refractivity contribution is 6.36. The number of hydrogen-bond acceptors (Lipinski definition) is 6. The summed E-state index contributed by atoms with van der Waals surface area (Å²) in [4.78, 5) is 22.8. The summed E-state index contributed by atoms with van der Waals surface area (Å²) in [5, 5.41) is 16.5. The Bertz CT molecular complexity index is 1060. The second kappa shape index (κ2) is 10.8. The van der Waals surface area contributed by atoms with Crippen molar-refractivity contribution < 1.29 is 28.9 Å². The summed E-state index contributed by atoms with van der Waals surface area (Å²) in [5.41, 5.74) is 1.34. The molecule has 2 N–H and O–H groups in total. The van der Waals surface area contributed by atoms with Crippen molar-refractivity contribution in [2.45, 2.75) is 32.8 Å². The lowest BCUT2D eigenvalue weighted by Crippen LogP contribution is -2.26. The predicted molar refractivity (Wildman–Crippen MR) is 123 cm³/mol. The van der Waals surface area contributed by atoms with E-state index in [4.69, 9.17) is 42.5 Å². The molecule has 1 aliphatic carbocycles. The molecule has 1 fully saturated rings. The van der Waals surface area contributed by atoms with E-state index in [1.165, 1.54) is 23.7 Å². The molecular weight excluding hydrogens is 473 g/mol. The van der Waals surface area contributed by atoms with Crippen LogP contribution in [0.25, 0.3) is 6.08 Å². The van der Waals surface area contributed by atoms with Crippen LogP contribution >= 0.6 is 23.2 Å². The molecule has 0 radical (unpaired) electrons. The largest absolute Gasteiger partial charge is 0.479 e. The molecular formula is C22H25Cl2N3O6. The Labute approximate surface area is 201 Å². The van der Waals surface area contributed by atoms with E-state index in [2.05, 4.69) is 10.4 Å².